The van der Waals surface area contributed by atoms with Crippen molar-refractivity contribution >= 4 is 0 Å². The third kappa shape index (κ3) is 4.33. The summed E-state index contributed by atoms with van der Waals surface area (Å²) in [6, 6.07) is 14.6. The summed E-state index contributed by atoms with van der Waals surface area (Å²) in [6.45, 7) is 5.02. The van der Waals surface area contributed by atoms with Crippen LogP contribution in [0, 0.1) is 0 Å². The van der Waals surface area contributed by atoms with Gasteiger partial charge in [0.1, 0.15) is 36.9 Å². The minimum absolute atomic E-state index is 0.256. The maximum atomic E-state index is 6.12. The Hall–Kier alpha value is -2.04. The first kappa shape index (κ1) is 16.4. The van der Waals surface area contributed by atoms with Crippen LogP contribution in [0.2, 0.25) is 0 Å². The molecule has 25 heavy (non-hydrogen) atoms. The normalized spacial score (nSPS) is 21.0. The van der Waals surface area contributed by atoms with Crippen molar-refractivity contribution in [3.8, 4) is 11.5 Å². The van der Waals surface area contributed by atoms with Crippen molar-refractivity contribution in [3.63, 3.8) is 0 Å². The maximum Gasteiger partial charge on any atom is 0.126 e. The Morgan fingerprint density at radius 2 is 1.48 bits per heavy atom. The molecule has 0 spiro atoms. The fourth-order valence-corrected chi connectivity index (χ4v) is 2.92. The van der Waals surface area contributed by atoms with Crippen LogP contribution in [0.4, 0.5) is 0 Å². The fraction of sp³-hybridized carbons (Fsp3) is 0.429. The van der Waals surface area contributed by atoms with E-state index in [4.69, 9.17) is 18.9 Å². The third-order valence-corrected chi connectivity index (χ3v) is 4.56. The molecular formula is C21H24O4. The number of hydrogen-bond acceptors (Lipinski definition) is 4. The Labute approximate surface area is 148 Å². The highest BCUT2D eigenvalue weighted by molar-refractivity contribution is 5.46. The molecule has 2 fully saturated rings. The minimum Gasteiger partial charge on any atom is -0.490 e. The van der Waals surface area contributed by atoms with E-state index in [9.17, 15) is 0 Å². The first-order valence-electron chi connectivity index (χ1n) is 9.01. The second kappa shape index (κ2) is 7.46. The fourth-order valence-electron chi connectivity index (χ4n) is 2.92. The average molecular weight is 340 g/mol. The molecule has 0 aliphatic carbocycles. The number of benzene rings is 2. The lowest BCUT2D eigenvalue weighted by Gasteiger charge is -2.16. The van der Waals surface area contributed by atoms with Gasteiger partial charge in [0.05, 0.1) is 13.2 Å². The molecule has 2 aliphatic heterocycles. The maximum absolute atomic E-state index is 6.12. The standard InChI is InChI=1S/C21H24O4/c1-2-15-7-5-8-17(21(15)25-14-19-12-23-19)10-16-6-3-4-9-20(16)24-13-18-11-22-18/h3-9,18-19H,2,10-14H2,1H3. The van der Waals surface area contributed by atoms with Gasteiger partial charge in [-0.05, 0) is 29.2 Å². The van der Waals surface area contributed by atoms with Crippen LogP contribution in [-0.2, 0) is 22.3 Å². The van der Waals surface area contributed by atoms with Gasteiger partial charge < -0.3 is 18.9 Å². The molecular weight excluding hydrogens is 316 g/mol. The topological polar surface area (TPSA) is 43.5 Å². The van der Waals surface area contributed by atoms with Crippen molar-refractivity contribution in [2.45, 2.75) is 32.0 Å². The molecule has 2 aromatic rings. The number of para-hydroxylation sites is 2. The van der Waals surface area contributed by atoms with Gasteiger partial charge in [-0.25, -0.2) is 0 Å². The molecule has 132 valence electrons. The molecule has 4 heteroatoms. The summed E-state index contributed by atoms with van der Waals surface area (Å²) in [4.78, 5) is 0. The molecule has 0 saturated carbocycles. The molecule has 2 unspecified atom stereocenters. The molecule has 2 heterocycles. The summed E-state index contributed by atoms with van der Waals surface area (Å²) in [5.41, 5.74) is 3.60. The van der Waals surface area contributed by atoms with Gasteiger partial charge in [0.25, 0.3) is 0 Å². The van der Waals surface area contributed by atoms with Crippen LogP contribution in [0.1, 0.15) is 23.6 Å². The zero-order chi connectivity index (χ0) is 17.1. The van der Waals surface area contributed by atoms with Crippen LogP contribution in [-0.4, -0.2) is 38.6 Å². The van der Waals surface area contributed by atoms with Gasteiger partial charge in [-0.2, -0.15) is 0 Å². The van der Waals surface area contributed by atoms with Crippen molar-refractivity contribution in [3.05, 3.63) is 59.2 Å². The molecule has 0 aromatic heterocycles. The Balaban J connectivity index is 1.54. The minimum atomic E-state index is 0.256. The van der Waals surface area contributed by atoms with Crippen molar-refractivity contribution in [1.82, 2.24) is 0 Å². The highest BCUT2D eigenvalue weighted by Crippen LogP contribution is 2.31. The molecule has 2 atom stereocenters. The van der Waals surface area contributed by atoms with Gasteiger partial charge >= 0.3 is 0 Å². The van der Waals surface area contributed by atoms with Crippen LogP contribution < -0.4 is 9.47 Å². The van der Waals surface area contributed by atoms with Gasteiger partial charge in [-0.15, -0.1) is 0 Å². The average Bonchev–Trinajstić information content (AvgIpc) is 3.54. The molecule has 0 amide bonds. The Kier molecular flexibility index (Phi) is 4.90. The van der Waals surface area contributed by atoms with Crippen LogP contribution >= 0.6 is 0 Å². The molecule has 0 bridgehead atoms. The van der Waals surface area contributed by atoms with Crippen LogP contribution in [0.25, 0.3) is 0 Å². The van der Waals surface area contributed by atoms with E-state index in [1.807, 2.05) is 12.1 Å². The zero-order valence-corrected chi connectivity index (χ0v) is 14.6. The predicted octanol–water partition coefficient (Wildman–Crippen LogP) is 3.40. The summed E-state index contributed by atoms with van der Waals surface area (Å²) in [5.74, 6) is 1.93. The lowest BCUT2D eigenvalue weighted by molar-refractivity contribution is 0.258. The van der Waals surface area contributed by atoms with Gasteiger partial charge in [0, 0.05) is 6.42 Å². The van der Waals surface area contributed by atoms with Gasteiger partial charge in [0.15, 0.2) is 0 Å². The van der Waals surface area contributed by atoms with Crippen molar-refractivity contribution in [2.75, 3.05) is 26.4 Å². The van der Waals surface area contributed by atoms with E-state index in [2.05, 4.69) is 37.3 Å². The summed E-state index contributed by atoms with van der Waals surface area (Å²) in [6.07, 6.45) is 2.25. The summed E-state index contributed by atoms with van der Waals surface area (Å²) >= 11 is 0. The second-order valence-electron chi connectivity index (χ2n) is 6.58. The van der Waals surface area contributed by atoms with Gasteiger partial charge in [-0.1, -0.05) is 43.3 Å². The second-order valence-corrected chi connectivity index (χ2v) is 6.58. The molecule has 2 saturated heterocycles. The third-order valence-electron chi connectivity index (χ3n) is 4.56. The number of hydrogen-bond donors (Lipinski definition) is 0. The van der Waals surface area contributed by atoms with E-state index < -0.39 is 0 Å². The zero-order valence-electron chi connectivity index (χ0n) is 14.6. The molecule has 0 radical (unpaired) electrons. The smallest absolute Gasteiger partial charge is 0.126 e. The van der Waals surface area contributed by atoms with E-state index in [0.29, 0.717) is 13.2 Å². The lowest BCUT2D eigenvalue weighted by Crippen LogP contribution is -2.09. The highest BCUT2D eigenvalue weighted by Gasteiger charge is 2.25. The Morgan fingerprint density at radius 3 is 2.20 bits per heavy atom. The first-order chi connectivity index (χ1) is 12.3. The molecule has 2 aromatic carbocycles. The van der Waals surface area contributed by atoms with Crippen molar-refractivity contribution in [1.29, 1.82) is 0 Å². The van der Waals surface area contributed by atoms with E-state index >= 15 is 0 Å². The van der Waals surface area contributed by atoms with Gasteiger partial charge in [0.2, 0.25) is 0 Å². The predicted molar refractivity (Wildman–Crippen MR) is 95.5 cm³/mol. The molecule has 4 rings (SSSR count). The summed E-state index contributed by atoms with van der Waals surface area (Å²) in [7, 11) is 0. The largest absolute Gasteiger partial charge is 0.490 e. The summed E-state index contributed by atoms with van der Waals surface area (Å²) < 4.78 is 22.6. The van der Waals surface area contributed by atoms with E-state index in [1.54, 1.807) is 0 Å². The number of ether oxygens (including phenoxy) is 4. The van der Waals surface area contributed by atoms with Crippen LogP contribution in [0.5, 0.6) is 11.5 Å². The number of epoxide rings is 2. The SMILES string of the molecule is CCc1cccc(Cc2ccccc2OCC2CO2)c1OCC1CO1. The summed E-state index contributed by atoms with van der Waals surface area (Å²) in [5, 5.41) is 0. The van der Waals surface area contributed by atoms with E-state index in [1.165, 1.54) is 16.7 Å². The number of rotatable bonds is 9. The lowest BCUT2D eigenvalue weighted by atomic mass is 9.99. The van der Waals surface area contributed by atoms with Crippen LogP contribution in [0.3, 0.4) is 0 Å². The molecule has 4 nitrogen and oxygen atoms in total. The quantitative estimate of drug-likeness (QED) is 0.656. The first-order valence-corrected chi connectivity index (χ1v) is 9.01. The molecule has 2 aliphatic rings. The van der Waals surface area contributed by atoms with E-state index in [-0.39, 0.29) is 12.2 Å². The molecule has 0 N–H and O–H groups in total. The Bertz CT molecular complexity index is 720. The van der Waals surface area contributed by atoms with Gasteiger partial charge in [-0.3, -0.25) is 0 Å². The monoisotopic (exact) mass is 340 g/mol. The van der Waals surface area contributed by atoms with Crippen LogP contribution in [0.15, 0.2) is 42.5 Å². The van der Waals surface area contributed by atoms with Crippen molar-refractivity contribution in [2.24, 2.45) is 0 Å². The van der Waals surface area contributed by atoms with E-state index in [0.717, 1.165) is 37.6 Å². The number of aryl methyl sites for hydroxylation is 1. The van der Waals surface area contributed by atoms with Crippen molar-refractivity contribution < 1.29 is 18.9 Å². The highest BCUT2D eigenvalue weighted by atomic mass is 16.6. The Morgan fingerprint density at radius 1 is 0.840 bits per heavy atom.